The van der Waals surface area contributed by atoms with Gasteiger partial charge in [-0.15, -0.1) is 24.0 Å². The molecule has 1 fully saturated rings. The zero-order valence-electron chi connectivity index (χ0n) is 15.9. The van der Waals surface area contributed by atoms with Crippen molar-refractivity contribution in [3.05, 3.63) is 35.8 Å². The van der Waals surface area contributed by atoms with Gasteiger partial charge in [0.05, 0.1) is 5.69 Å². The monoisotopic (exact) mass is 487 g/mol. The molecule has 144 valence electrons. The molecule has 0 amide bonds. The number of hydrogen-bond donors (Lipinski definition) is 1. The number of aliphatic imine (C=N–C) groups is 1. The van der Waals surface area contributed by atoms with Crippen molar-refractivity contribution in [1.29, 1.82) is 0 Å². The van der Waals surface area contributed by atoms with Gasteiger partial charge in [-0.1, -0.05) is 13.0 Å². The van der Waals surface area contributed by atoms with E-state index in [4.69, 9.17) is 9.98 Å². The number of rotatable bonds is 5. The smallest absolute Gasteiger partial charge is 0.193 e. The van der Waals surface area contributed by atoms with Gasteiger partial charge in [0.2, 0.25) is 0 Å². The predicted octanol–water partition coefficient (Wildman–Crippen LogP) is 3.60. The van der Waals surface area contributed by atoms with Crippen molar-refractivity contribution in [1.82, 2.24) is 19.6 Å². The quantitative estimate of drug-likeness (QED) is 0.398. The van der Waals surface area contributed by atoms with Gasteiger partial charge in [0.1, 0.15) is 5.65 Å². The fourth-order valence-corrected chi connectivity index (χ4v) is 4.37. The summed E-state index contributed by atoms with van der Waals surface area (Å²) in [6, 6.07) is 4.17. The molecule has 0 saturated carbocycles. The van der Waals surface area contributed by atoms with Gasteiger partial charge < -0.3 is 14.6 Å². The van der Waals surface area contributed by atoms with E-state index in [0.717, 1.165) is 55.2 Å². The van der Waals surface area contributed by atoms with Gasteiger partial charge in [-0.25, -0.2) is 4.98 Å². The Morgan fingerprint density at radius 1 is 1.42 bits per heavy atom. The Kier molecular flexibility index (Phi) is 8.53. The summed E-state index contributed by atoms with van der Waals surface area (Å²) >= 11 is 2.09. The minimum Gasteiger partial charge on any atom is -0.357 e. The number of guanidine groups is 1. The van der Waals surface area contributed by atoms with Crippen LogP contribution in [0.5, 0.6) is 0 Å². The molecule has 3 rings (SSSR count). The Morgan fingerprint density at radius 2 is 2.27 bits per heavy atom. The number of aromatic nitrogens is 2. The summed E-state index contributed by atoms with van der Waals surface area (Å²) in [6.45, 7) is 10.4. The van der Waals surface area contributed by atoms with Crippen LogP contribution in [0.4, 0.5) is 0 Å². The first-order valence-corrected chi connectivity index (χ1v) is 10.3. The number of fused-ring (bicyclic) bond motifs is 1. The molecule has 1 unspecified atom stereocenters. The highest BCUT2D eigenvalue weighted by Crippen LogP contribution is 2.21. The maximum atomic E-state index is 4.87. The first-order chi connectivity index (χ1) is 12.2. The number of nitrogens with zero attached hydrogens (tertiary/aromatic N) is 4. The minimum atomic E-state index is 0. The minimum absolute atomic E-state index is 0. The molecule has 2 aromatic rings. The number of hydrogen-bond acceptors (Lipinski definition) is 3. The van der Waals surface area contributed by atoms with Crippen LogP contribution in [0, 0.1) is 6.92 Å². The lowest BCUT2D eigenvalue weighted by atomic mass is 10.3. The van der Waals surface area contributed by atoms with Crippen LogP contribution in [-0.4, -0.2) is 57.4 Å². The molecular weight excluding hydrogens is 457 g/mol. The topological polar surface area (TPSA) is 44.9 Å². The molecule has 2 aromatic heterocycles. The van der Waals surface area contributed by atoms with Crippen molar-refractivity contribution in [3.63, 3.8) is 0 Å². The third kappa shape index (κ3) is 5.28. The number of imidazole rings is 1. The van der Waals surface area contributed by atoms with E-state index < -0.39 is 0 Å². The zero-order chi connectivity index (χ0) is 17.6. The van der Waals surface area contributed by atoms with Crippen LogP contribution in [0.1, 0.15) is 31.5 Å². The maximum absolute atomic E-state index is 4.87. The summed E-state index contributed by atoms with van der Waals surface area (Å²) in [6.07, 6.45) is 6.27. The zero-order valence-corrected chi connectivity index (χ0v) is 19.1. The Balaban J connectivity index is 0.00000243. The van der Waals surface area contributed by atoms with Crippen molar-refractivity contribution in [3.8, 4) is 0 Å². The molecule has 5 nitrogen and oxygen atoms in total. The third-order valence-corrected chi connectivity index (χ3v) is 5.96. The Labute approximate surface area is 178 Å². The molecule has 3 heterocycles. The van der Waals surface area contributed by atoms with Crippen molar-refractivity contribution < 1.29 is 0 Å². The Hall–Kier alpha value is -0.960. The van der Waals surface area contributed by atoms with E-state index in [0.29, 0.717) is 0 Å². The van der Waals surface area contributed by atoms with Crippen LogP contribution in [0.3, 0.4) is 0 Å². The SMILES string of the molecule is CCNC(=NCCc1cn2cccc(C)c2n1)N1CCSC(CC)C1.I. The Bertz CT molecular complexity index is 730. The second-order valence-corrected chi connectivity index (χ2v) is 7.90. The van der Waals surface area contributed by atoms with Gasteiger partial charge in [0, 0.05) is 56.0 Å². The van der Waals surface area contributed by atoms with Gasteiger partial charge >= 0.3 is 0 Å². The van der Waals surface area contributed by atoms with Crippen LogP contribution < -0.4 is 5.32 Å². The summed E-state index contributed by atoms with van der Waals surface area (Å²) in [7, 11) is 0. The number of halogens is 1. The predicted molar refractivity (Wildman–Crippen MR) is 123 cm³/mol. The average molecular weight is 487 g/mol. The van der Waals surface area contributed by atoms with Gasteiger partial charge in [0.15, 0.2) is 5.96 Å². The lowest BCUT2D eigenvalue weighted by Crippen LogP contribution is -2.48. The fraction of sp³-hybridized carbons (Fsp3) is 0.579. The molecule has 0 radical (unpaired) electrons. The molecule has 0 aromatic carbocycles. The van der Waals surface area contributed by atoms with E-state index in [1.165, 1.54) is 17.7 Å². The highest BCUT2D eigenvalue weighted by atomic mass is 127. The van der Waals surface area contributed by atoms with E-state index >= 15 is 0 Å². The molecule has 1 aliphatic heterocycles. The van der Waals surface area contributed by atoms with E-state index in [1.54, 1.807) is 0 Å². The fourth-order valence-electron chi connectivity index (χ4n) is 3.19. The third-order valence-electron chi connectivity index (χ3n) is 4.59. The van der Waals surface area contributed by atoms with Gasteiger partial charge in [-0.2, -0.15) is 11.8 Å². The second-order valence-electron chi connectivity index (χ2n) is 6.49. The summed E-state index contributed by atoms with van der Waals surface area (Å²) in [5, 5.41) is 4.18. The standard InChI is InChI=1S/C19H29N5S.HI/c1-4-17-14-24(11-12-25-17)19(20-5-2)21-9-8-16-13-23-10-6-7-15(3)18(23)22-16;/h6-7,10,13,17H,4-5,8-9,11-12,14H2,1-3H3,(H,20,21);1H. The largest absolute Gasteiger partial charge is 0.357 e. The lowest BCUT2D eigenvalue weighted by Gasteiger charge is -2.34. The van der Waals surface area contributed by atoms with E-state index in [-0.39, 0.29) is 24.0 Å². The first-order valence-electron chi connectivity index (χ1n) is 9.29. The van der Waals surface area contributed by atoms with Gasteiger partial charge in [-0.05, 0) is 31.9 Å². The maximum Gasteiger partial charge on any atom is 0.193 e. The molecule has 0 aliphatic carbocycles. The van der Waals surface area contributed by atoms with Crippen LogP contribution in [0.15, 0.2) is 29.5 Å². The van der Waals surface area contributed by atoms with Crippen LogP contribution >= 0.6 is 35.7 Å². The first kappa shape index (κ1) is 21.3. The van der Waals surface area contributed by atoms with Crippen molar-refractivity contribution in [2.45, 2.75) is 38.9 Å². The molecule has 1 atom stereocenters. The molecule has 0 spiro atoms. The van der Waals surface area contributed by atoms with E-state index in [2.05, 4.69) is 71.7 Å². The summed E-state index contributed by atoms with van der Waals surface area (Å²) in [5.41, 5.74) is 3.36. The molecule has 1 aliphatic rings. The number of pyridine rings is 1. The molecule has 0 bridgehead atoms. The van der Waals surface area contributed by atoms with Crippen molar-refractivity contribution in [2.75, 3.05) is 31.9 Å². The lowest BCUT2D eigenvalue weighted by molar-refractivity contribution is 0.408. The average Bonchev–Trinajstić information content (AvgIpc) is 3.05. The number of aryl methyl sites for hydroxylation is 1. The van der Waals surface area contributed by atoms with Crippen molar-refractivity contribution in [2.24, 2.45) is 4.99 Å². The van der Waals surface area contributed by atoms with Crippen molar-refractivity contribution >= 4 is 47.3 Å². The number of nitrogens with one attached hydrogen (secondary N) is 1. The highest BCUT2D eigenvalue weighted by Gasteiger charge is 2.21. The van der Waals surface area contributed by atoms with Gasteiger partial charge in [0.25, 0.3) is 0 Å². The van der Waals surface area contributed by atoms with Crippen LogP contribution in [-0.2, 0) is 6.42 Å². The van der Waals surface area contributed by atoms with Gasteiger partial charge in [-0.3, -0.25) is 4.99 Å². The molecule has 7 heteroatoms. The molecule has 1 N–H and O–H groups in total. The van der Waals surface area contributed by atoms with Crippen LogP contribution in [0.2, 0.25) is 0 Å². The number of thioether (sulfide) groups is 1. The van der Waals surface area contributed by atoms with Crippen LogP contribution in [0.25, 0.3) is 5.65 Å². The summed E-state index contributed by atoms with van der Waals surface area (Å²) < 4.78 is 2.10. The Morgan fingerprint density at radius 3 is 3.00 bits per heavy atom. The molecule has 1 saturated heterocycles. The highest BCUT2D eigenvalue weighted by molar-refractivity contribution is 14.0. The van der Waals surface area contributed by atoms with E-state index in [9.17, 15) is 0 Å². The summed E-state index contributed by atoms with van der Waals surface area (Å²) in [5.74, 6) is 2.25. The summed E-state index contributed by atoms with van der Waals surface area (Å²) in [4.78, 5) is 12.0. The molecular formula is C19H30IN5S. The normalized spacial score (nSPS) is 18.0. The van der Waals surface area contributed by atoms with E-state index in [1.807, 2.05) is 0 Å². The second kappa shape index (κ2) is 10.4. The molecule has 26 heavy (non-hydrogen) atoms.